The van der Waals surface area contributed by atoms with E-state index in [0.29, 0.717) is 0 Å². The molecule has 5 heterocycles. The maximum atomic E-state index is 5.46. The Kier molecular flexibility index (Phi) is 9.52. The molecule has 3 aromatic heterocycles. The average Bonchev–Trinajstić information content (AvgIpc) is 4.04. The average molecular weight is 865 g/mol. The lowest BCUT2D eigenvalue weighted by Crippen LogP contribution is -2.16. The molecule has 7 aromatic rings. The Hall–Kier alpha value is -6.01. The maximum Gasteiger partial charge on any atom is 0.129 e. The number of aryl methyl sites for hydroxylation is 2. The van der Waals surface area contributed by atoms with Gasteiger partial charge < -0.3 is 9.97 Å². The molecule has 0 unspecified atom stereocenters. The molecule has 2 aliphatic heterocycles. The number of H-pyrrole nitrogens is 2. The van der Waals surface area contributed by atoms with Gasteiger partial charge in [0.05, 0.1) is 22.8 Å². The number of fused-ring (bicyclic) bond motifs is 8. The summed E-state index contributed by atoms with van der Waals surface area (Å²) in [5.41, 5.74) is 23.0. The van der Waals surface area contributed by atoms with E-state index in [4.69, 9.17) is 9.97 Å². The van der Waals surface area contributed by atoms with Crippen molar-refractivity contribution in [1.82, 2.24) is 19.9 Å². The molecular weight excluding hydrogens is 824 g/mol. The van der Waals surface area contributed by atoms with Crippen molar-refractivity contribution in [3.63, 3.8) is 0 Å². The first kappa shape index (κ1) is 36.6. The number of aromatic amines is 2. The van der Waals surface area contributed by atoms with Crippen LogP contribution in [0.15, 0.2) is 121 Å². The summed E-state index contributed by atoms with van der Waals surface area (Å²) in [6, 6.07) is 43.4. The second-order valence-corrected chi connectivity index (χ2v) is 21.8. The molecule has 0 fully saturated rings. The summed E-state index contributed by atoms with van der Waals surface area (Å²) in [4.78, 5) is 18.6. The second kappa shape index (κ2) is 14.8. The third kappa shape index (κ3) is 7.49. The number of halogens is 1. The van der Waals surface area contributed by atoms with E-state index in [2.05, 4.69) is 223 Å². The fourth-order valence-corrected chi connectivity index (χ4v) is 8.34. The van der Waals surface area contributed by atoms with E-state index < -0.39 is 8.07 Å². The summed E-state index contributed by atoms with van der Waals surface area (Å²) in [5.74, 6) is 3.43. The topological polar surface area (TPSA) is 57.4 Å². The Balaban J connectivity index is 1.42. The van der Waals surface area contributed by atoms with Crippen LogP contribution in [0.25, 0.3) is 90.9 Å². The highest BCUT2D eigenvalue weighted by atomic mass is 127. The molecule has 276 valence electrons. The molecule has 4 nitrogen and oxygen atoms in total. The van der Waals surface area contributed by atoms with Gasteiger partial charge in [-0.1, -0.05) is 109 Å². The first-order valence-corrected chi connectivity index (χ1v) is 23.8. The third-order valence-corrected chi connectivity index (χ3v) is 11.9. The first-order chi connectivity index (χ1) is 27.6. The lowest BCUT2D eigenvalue weighted by molar-refractivity contribution is 1.31. The van der Waals surface area contributed by atoms with Gasteiger partial charge in [-0.3, -0.25) is 0 Å². The summed E-state index contributed by atoms with van der Waals surface area (Å²) in [7, 11) is -1.52. The molecule has 4 aromatic carbocycles. The van der Waals surface area contributed by atoms with Crippen LogP contribution in [0.1, 0.15) is 39.5 Å². The molecule has 0 amide bonds. The van der Waals surface area contributed by atoms with Gasteiger partial charge in [0.1, 0.15) is 8.07 Å². The van der Waals surface area contributed by atoms with Crippen molar-refractivity contribution in [3.05, 3.63) is 164 Å². The predicted octanol–water partition coefficient (Wildman–Crippen LogP) is 13.8. The van der Waals surface area contributed by atoms with E-state index in [1.165, 1.54) is 14.7 Å². The van der Waals surface area contributed by atoms with E-state index in [9.17, 15) is 0 Å². The van der Waals surface area contributed by atoms with E-state index in [0.717, 1.165) is 94.9 Å². The van der Waals surface area contributed by atoms with Crippen LogP contribution in [0.4, 0.5) is 0 Å². The quantitative estimate of drug-likeness (QED) is 0.105. The van der Waals surface area contributed by atoms with Crippen LogP contribution in [0.3, 0.4) is 0 Å². The molecule has 0 aliphatic carbocycles. The van der Waals surface area contributed by atoms with E-state index in [1.807, 2.05) is 0 Å². The molecule has 9 rings (SSSR count). The first-order valence-electron chi connectivity index (χ1n) is 19.3. The van der Waals surface area contributed by atoms with Crippen molar-refractivity contribution in [3.8, 4) is 56.0 Å². The molecule has 2 N–H and O–H groups in total. The number of rotatable bonds is 4. The second-order valence-electron chi connectivity index (χ2n) is 15.8. The fourth-order valence-electron chi connectivity index (χ4n) is 7.46. The summed E-state index contributed by atoms with van der Waals surface area (Å²) < 4.78 is 1.18. The molecular formula is C51H41IN4Si. The normalized spacial score (nSPS) is 12.1. The SMILES string of the molecule is Cc1ccc(-c2c3nc(c(-c4ccc(C)cc4)c4ccc([nH]4)c(-c4ccc(C#C[Si](C)(C)C)cc4)c4nc(c(-c5ccc(I)cc5)c5ccc2[nH]5)C=C4)C=C3)cc1. The highest BCUT2D eigenvalue weighted by molar-refractivity contribution is 14.1. The van der Waals surface area contributed by atoms with Gasteiger partial charge in [0.25, 0.3) is 0 Å². The smallest absolute Gasteiger partial charge is 0.129 e. The lowest BCUT2D eigenvalue weighted by atomic mass is 10.0. The molecule has 2 aliphatic rings. The van der Waals surface area contributed by atoms with Gasteiger partial charge >= 0.3 is 0 Å². The van der Waals surface area contributed by atoms with Crippen molar-refractivity contribution in [2.75, 3.05) is 0 Å². The summed E-state index contributed by atoms with van der Waals surface area (Å²) in [5, 5.41) is 0. The van der Waals surface area contributed by atoms with Gasteiger partial charge in [0.2, 0.25) is 0 Å². The molecule has 0 atom stereocenters. The zero-order valence-electron chi connectivity index (χ0n) is 32.6. The Labute approximate surface area is 348 Å². The van der Waals surface area contributed by atoms with Crippen molar-refractivity contribution in [2.24, 2.45) is 0 Å². The largest absolute Gasteiger partial charge is 0.354 e. The van der Waals surface area contributed by atoms with Crippen molar-refractivity contribution < 1.29 is 0 Å². The standard InChI is InChI=1S/C51H41IN4Si/c1-32-6-12-35(13-7-32)48-40-22-23-41(53-40)49(36-14-8-33(2)9-15-36)43-25-28-46(55-43)51(38-18-20-39(52)21-19-38)47-29-27-45(56-47)50(44-26-24-42(48)54-44)37-16-10-34(11-17-37)30-31-57(3,4)5/h6-29,54-55H,1-5H3. The van der Waals surface area contributed by atoms with Crippen LogP contribution in [0.5, 0.6) is 0 Å². The monoisotopic (exact) mass is 864 g/mol. The molecule has 6 heteroatoms. The van der Waals surface area contributed by atoms with E-state index in [1.54, 1.807) is 0 Å². The van der Waals surface area contributed by atoms with Gasteiger partial charge in [-0.2, -0.15) is 0 Å². The Morgan fingerprint density at radius 1 is 0.439 bits per heavy atom. The summed E-state index contributed by atoms with van der Waals surface area (Å²) >= 11 is 2.37. The van der Waals surface area contributed by atoms with Gasteiger partial charge in [-0.05, 0) is 132 Å². The zero-order valence-corrected chi connectivity index (χ0v) is 35.8. The van der Waals surface area contributed by atoms with Crippen molar-refractivity contribution in [2.45, 2.75) is 33.5 Å². The number of hydrogen-bond donors (Lipinski definition) is 2. The number of hydrogen-bond acceptors (Lipinski definition) is 2. The molecule has 8 bridgehead atoms. The van der Waals surface area contributed by atoms with Crippen LogP contribution in [-0.2, 0) is 0 Å². The molecule has 0 radical (unpaired) electrons. The van der Waals surface area contributed by atoms with Crippen LogP contribution >= 0.6 is 22.6 Å². The highest BCUT2D eigenvalue weighted by Gasteiger charge is 2.19. The van der Waals surface area contributed by atoms with E-state index >= 15 is 0 Å². The number of nitrogens with zero attached hydrogens (tertiary/aromatic N) is 2. The number of aromatic nitrogens is 4. The van der Waals surface area contributed by atoms with Crippen LogP contribution in [0.2, 0.25) is 19.6 Å². The lowest BCUT2D eigenvalue weighted by Gasteiger charge is -2.08. The van der Waals surface area contributed by atoms with Crippen LogP contribution in [-0.4, -0.2) is 28.0 Å². The van der Waals surface area contributed by atoms with Crippen LogP contribution in [0, 0.1) is 28.9 Å². The van der Waals surface area contributed by atoms with Crippen molar-refractivity contribution in [1.29, 1.82) is 0 Å². The van der Waals surface area contributed by atoms with Gasteiger partial charge in [0.15, 0.2) is 0 Å². The van der Waals surface area contributed by atoms with Crippen LogP contribution < -0.4 is 0 Å². The maximum absolute atomic E-state index is 5.46. The predicted molar refractivity (Wildman–Crippen MR) is 253 cm³/mol. The molecule has 0 saturated heterocycles. The highest BCUT2D eigenvalue weighted by Crippen LogP contribution is 2.38. The summed E-state index contributed by atoms with van der Waals surface area (Å²) in [6.07, 6.45) is 8.61. The minimum absolute atomic E-state index is 0.888. The number of benzene rings is 4. The van der Waals surface area contributed by atoms with Gasteiger partial charge in [-0.15, -0.1) is 5.54 Å². The van der Waals surface area contributed by atoms with E-state index in [-0.39, 0.29) is 0 Å². The molecule has 0 spiro atoms. The molecule has 0 saturated carbocycles. The number of nitrogens with one attached hydrogen (secondary N) is 2. The fraction of sp³-hybridized carbons (Fsp3) is 0.0980. The Bertz CT molecular complexity index is 2940. The summed E-state index contributed by atoms with van der Waals surface area (Å²) in [6.45, 7) is 11.1. The van der Waals surface area contributed by atoms with Gasteiger partial charge in [0, 0.05) is 53.5 Å². The third-order valence-electron chi connectivity index (χ3n) is 10.3. The minimum atomic E-state index is -1.52. The van der Waals surface area contributed by atoms with Crippen molar-refractivity contribution >= 4 is 77.0 Å². The zero-order chi connectivity index (χ0) is 39.3. The Morgan fingerprint density at radius 2 is 0.754 bits per heavy atom. The minimum Gasteiger partial charge on any atom is -0.354 e. The Morgan fingerprint density at radius 3 is 1.09 bits per heavy atom. The molecule has 57 heavy (non-hydrogen) atoms. The van der Waals surface area contributed by atoms with Gasteiger partial charge in [-0.25, -0.2) is 9.97 Å².